The molecule has 0 saturated heterocycles. The van der Waals surface area contributed by atoms with Gasteiger partial charge in [-0.25, -0.2) is 9.97 Å². The van der Waals surface area contributed by atoms with Gasteiger partial charge in [0, 0.05) is 47.4 Å². The van der Waals surface area contributed by atoms with E-state index in [-0.39, 0.29) is 5.91 Å². The normalized spacial score (nSPS) is 10.6. The molecule has 1 amide bonds. The molecule has 0 aliphatic heterocycles. The number of hydrogen-bond acceptors (Lipinski definition) is 9. The lowest BCUT2D eigenvalue weighted by Crippen LogP contribution is -2.12. The number of nitrogens with zero attached hydrogens (tertiary/aromatic N) is 2. The van der Waals surface area contributed by atoms with Crippen molar-refractivity contribution in [1.82, 2.24) is 9.97 Å². The Morgan fingerprint density at radius 2 is 1.65 bits per heavy atom. The molecule has 0 atom stereocenters. The number of carbonyl (C=O) groups excluding carboxylic acids is 1. The highest BCUT2D eigenvalue weighted by atomic mass is 32.1. The van der Waals surface area contributed by atoms with Crippen molar-refractivity contribution in [2.75, 3.05) is 39.1 Å². The zero-order valence-corrected chi connectivity index (χ0v) is 20.0. The van der Waals surface area contributed by atoms with Gasteiger partial charge in [-0.05, 0) is 12.1 Å². The van der Waals surface area contributed by atoms with Crippen LogP contribution in [0.15, 0.2) is 48.1 Å². The van der Waals surface area contributed by atoms with Crippen LogP contribution in [0, 0.1) is 0 Å². The van der Waals surface area contributed by atoms with Crippen LogP contribution in [0.3, 0.4) is 0 Å². The van der Waals surface area contributed by atoms with Crippen molar-refractivity contribution in [3.05, 3.63) is 59.2 Å². The highest BCUT2D eigenvalue weighted by molar-refractivity contribution is 7.18. The maximum Gasteiger partial charge on any atom is 0.258 e. The van der Waals surface area contributed by atoms with Gasteiger partial charge in [0.05, 0.1) is 44.2 Å². The number of fused-ring (bicyclic) bond motifs is 1. The number of rotatable bonds is 9. The molecular weight excluding hydrogens is 456 g/mol. The lowest BCUT2D eigenvalue weighted by atomic mass is 10.2. The summed E-state index contributed by atoms with van der Waals surface area (Å²) < 4.78 is 22.1. The summed E-state index contributed by atoms with van der Waals surface area (Å²) in [5, 5.41) is 7.98. The van der Waals surface area contributed by atoms with E-state index < -0.39 is 0 Å². The van der Waals surface area contributed by atoms with E-state index in [1.54, 1.807) is 52.0 Å². The lowest BCUT2D eigenvalue weighted by Gasteiger charge is -2.12. The Kier molecular flexibility index (Phi) is 6.98. The molecule has 2 N–H and O–H groups in total. The number of ether oxygens (including phenoxy) is 4. The minimum absolute atomic E-state index is 0.289. The van der Waals surface area contributed by atoms with E-state index in [1.807, 2.05) is 18.2 Å². The molecule has 0 radical (unpaired) electrons. The minimum atomic E-state index is -0.289. The van der Waals surface area contributed by atoms with Gasteiger partial charge in [-0.2, -0.15) is 0 Å². The molecule has 10 heteroatoms. The Morgan fingerprint density at radius 1 is 0.912 bits per heavy atom. The Morgan fingerprint density at radius 3 is 2.32 bits per heavy atom. The topological polar surface area (TPSA) is 104 Å². The zero-order chi connectivity index (χ0) is 24.1. The lowest BCUT2D eigenvalue weighted by molar-refractivity contribution is 0.102. The Labute approximate surface area is 200 Å². The fourth-order valence-electron chi connectivity index (χ4n) is 3.39. The number of carbonyl (C=O) groups is 1. The summed E-state index contributed by atoms with van der Waals surface area (Å²) in [6, 6.07) is 10.8. The summed E-state index contributed by atoms with van der Waals surface area (Å²) in [7, 11) is 6.34. The highest BCUT2D eigenvalue weighted by Gasteiger charge is 2.18. The number of hydrogen-bond donors (Lipinski definition) is 2. The van der Waals surface area contributed by atoms with Gasteiger partial charge in [0.25, 0.3) is 5.91 Å². The van der Waals surface area contributed by atoms with Crippen LogP contribution in [-0.4, -0.2) is 44.3 Å². The molecule has 0 unspecified atom stereocenters. The summed E-state index contributed by atoms with van der Waals surface area (Å²) >= 11 is 1.40. The van der Waals surface area contributed by atoms with E-state index in [9.17, 15) is 4.79 Å². The van der Waals surface area contributed by atoms with Gasteiger partial charge in [0.15, 0.2) is 0 Å². The van der Waals surface area contributed by atoms with Crippen LogP contribution in [0.5, 0.6) is 23.0 Å². The molecule has 2 aromatic carbocycles. The molecule has 4 rings (SSSR count). The SMILES string of the molecule is COc1cc(NC(=O)c2csc3c(NCc4ccc(OC)cc4OC)ncnc23)cc(OC)c1. The van der Waals surface area contributed by atoms with E-state index in [1.165, 1.54) is 17.7 Å². The van der Waals surface area contributed by atoms with Gasteiger partial charge in [-0.3, -0.25) is 4.79 Å². The van der Waals surface area contributed by atoms with E-state index in [0.717, 1.165) is 10.3 Å². The van der Waals surface area contributed by atoms with Crippen LogP contribution < -0.4 is 29.6 Å². The second-order valence-electron chi connectivity index (χ2n) is 7.14. The minimum Gasteiger partial charge on any atom is -0.497 e. The average Bonchev–Trinajstić information content (AvgIpc) is 3.32. The molecule has 2 aromatic heterocycles. The first-order valence-electron chi connectivity index (χ1n) is 10.3. The van der Waals surface area contributed by atoms with Crippen LogP contribution in [-0.2, 0) is 6.54 Å². The van der Waals surface area contributed by atoms with Crippen LogP contribution in [0.2, 0.25) is 0 Å². The second kappa shape index (κ2) is 10.3. The molecule has 0 aliphatic carbocycles. The number of aromatic nitrogens is 2. The summed E-state index contributed by atoms with van der Waals surface area (Å²) in [5.74, 6) is 2.92. The highest BCUT2D eigenvalue weighted by Crippen LogP contribution is 2.32. The van der Waals surface area contributed by atoms with Gasteiger partial charge >= 0.3 is 0 Å². The standard InChI is InChI=1S/C24H24N4O5S/c1-30-16-6-5-14(20(10-16)33-4)11-25-23-22-21(26-13-27-23)19(12-34-22)24(29)28-15-7-17(31-2)9-18(8-15)32-3/h5-10,12-13H,11H2,1-4H3,(H,28,29)(H,25,26,27). The molecule has 0 aliphatic rings. The molecule has 0 spiro atoms. The van der Waals surface area contributed by atoms with Crippen molar-refractivity contribution in [2.24, 2.45) is 0 Å². The quantitative estimate of drug-likeness (QED) is 0.359. The maximum absolute atomic E-state index is 13.0. The van der Waals surface area contributed by atoms with Crippen molar-refractivity contribution in [1.29, 1.82) is 0 Å². The molecule has 4 aromatic rings. The van der Waals surface area contributed by atoms with E-state index in [0.29, 0.717) is 52.1 Å². The van der Waals surface area contributed by atoms with Crippen LogP contribution in [0.25, 0.3) is 10.2 Å². The van der Waals surface area contributed by atoms with Crippen molar-refractivity contribution in [3.63, 3.8) is 0 Å². The number of methoxy groups -OCH3 is 4. The molecule has 0 fully saturated rings. The van der Waals surface area contributed by atoms with Crippen LogP contribution in [0.4, 0.5) is 11.5 Å². The predicted octanol–water partition coefficient (Wildman–Crippen LogP) is 4.59. The summed E-state index contributed by atoms with van der Waals surface area (Å²) in [4.78, 5) is 21.8. The summed E-state index contributed by atoms with van der Waals surface area (Å²) in [6.45, 7) is 0.475. The number of amides is 1. The number of benzene rings is 2. The van der Waals surface area contributed by atoms with E-state index in [2.05, 4.69) is 20.6 Å². The summed E-state index contributed by atoms with van der Waals surface area (Å²) in [6.07, 6.45) is 1.44. The largest absolute Gasteiger partial charge is 0.497 e. The zero-order valence-electron chi connectivity index (χ0n) is 19.2. The third kappa shape index (κ3) is 4.81. The molecule has 176 valence electrons. The molecule has 9 nitrogen and oxygen atoms in total. The Balaban J connectivity index is 1.56. The van der Waals surface area contributed by atoms with Crippen LogP contribution >= 0.6 is 11.3 Å². The van der Waals surface area contributed by atoms with E-state index >= 15 is 0 Å². The smallest absolute Gasteiger partial charge is 0.258 e. The number of nitrogens with one attached hydrogen (secondary N) is 2. The third-order valence-electron chi connectivity index (χ3n) is 5.15. The van der Waals surface area contributed by atoms with Gasteiger partial charge in [-0.1, -0.05) is 0 Å². The fourth-order valence-corrected chi connectivity index (χ4v) is 4.36. The third-order valence-corrected chi connectivity index (χ3v) is 6.12. The second-order valence-corrected chi connectivity index (χ2v) is 8.02. The Hall–Kier alpha value is -4.05. The number of anilines is 2. The first kappa shape index (κ1) is 23.1. The van der Waals surface area contributed by atoms with Gasteiger partial charge in [0.1, 0.15) is 35.1 Å². The van der Waals surface area contributed by atoms with Gasteiger partial charge < -0.3 is 29.6 Å². The molecule has 2 heterocycles. The monoisotopic (exact) mass is 480 g/mol. The van der Waals surface area contributed by atoms with Gasteiger partial charge in [-0.15, -0.1) is 11.3 Å². The van der Waals surface area contributed by atoms with Crippen LogP contribution in [0.1, 0.15) is 15.9 Å². The van der Waals surface area contributed by atoms with Crippen molar-refractivity contribution < 1.29 is 23.7 Å². The van der Waals surface area contributed by atoms with E-state index in [4.69, 9.17) is 18.9 Å². The molecule has 0 bridgehead atoms. The fraction of sp³-hybridized carbons (Fsp3) is 0.208. The molecule has 0 saturated carbocycles. The first-order chi connectivity index (χ1) is 16.6. The van der Waals surface area contributed by atoms with Crippen molar-refractivity contribution >= 4 is 39.0 Å². The predicted molar refractivity (Wildman–Crippen MR) is 132 cm³/mol. The van der Waals surface area contributed by atoms with Crippen molar-refractivity contribution in [3.8, 4) is 23.0 Å². The average molecular weight is 481 g/mol. The number of thiophene rings is 1. The Bertz CT molecular complexity index is 1300. The molecule has 34 heavy (non-hydrogen) atoms. The molecular formula is C24H24N4O5S. The first-order valence-corrected chi connectivity index (χ1v) is 11.2. The maximum atomic E-state index is 13.0. The van der Waals surface area contributed by atoms with Crippen molar-refractivity contribution in [2.45, 2.75) is 6.54 Å². The summed E-state index contributed by atoms with van der Waals surface area (Å²) in [5.41, 5.74) is 2.52. The van der Waals surface area contributed by atoms with Gasteiger partial charge in [0.2, 0.25) is 0 Å².